The van der Waals surface area contributed by atoms with Crippen molar-refractivity contribution in [3.05, 3.63) is 18.2 Å². The second-order valence-corrected chi connectivity index (χ2v) is 5.13. The van der Waals surface area contributed by atoms with Crippen LogP contribution in [-0.2, 0) is 9.59 Å². The largest absolute Gasteiger partial charge is 0.494 e. The maximum atomic E-state index is 12.1. The first-order valence-electron chi connectivity index (χ1n) is 7.24. The molecule has 0 fully saturated rings. The first kappa shape index (κ1) is 17.0. The Morgan fingerprint density at radius 3 is 2.57 bits per heavy atom. The van der Waals surface area contributed by atoms with Crippen molar-refractivity contribution in [2.45, 2.75) is 40.0 Å². The smallest absolute Gasteiger partial charge is 0.227 e. The highest BCUT2D eigenvalue weighted by molar-refractivity contribution is 5.95. The summed E-state index contributed by atoms with van der Waals surface area (Å²) < 4.78 is 5.26. The molecule has 5 nitrogen and oxygen atoms in total. The molecule has 0 aliphatic heterocycles. The molecule has 2 N–H and O–H groups in total. The predicted molar refractivity (Wildman–Crippen MR) is 84.6 cm³/mol. The summed E-state index contributed by atoms with van der Waals surface area (Å²) in [6.07, 6.45) is 2.98. The van der Waals surface area contributed by atoms with E-state index < -0.39 is 0 Å². The molecule has 21 heavy (non-hydrogen) atoms. The van der Waals surface area contributed by atoms with E-state index >= 15 is 0 Å². The van der Waals surface area contributed by atoms with Crippen molar-refractivity contribution in [2.75, 3.05) is 17.7 Å². The first-order valence-corrected chi connectivity index (χ1v) is 7.24. The standard InChI is InChI=1S/C16H24N2O3/c1-5-6-7-11(2)16(20)18-14-9-8-13(17-12(3)19)10-15(14)21-4/h8-11H,5-7H2,1-4H3,(H,17,19)(H,18,20)/t11-/m0/s1. The van der Waals surface area contributed by atoms with Crippen LogP contribution < -0.4 is 15.4 Å². The van der Waals surface area contributed by atoms with Gasteiger partial charge >= 0.3 is 0 Å². The zero-order chi connectivity index (χ0) is 15.8. The van der Waals surface area contributed by atoms with Crippen LogP contribution in [0.5, 0.6) is 5.75 Å². The summed E-state index contributed by atoms with van der Waals surface area (Å²) in [4.78, 5) is 23.2. The van der Waals surface area contributed by atoms with E-state index in [0.29, 0.717) is 17.1 Å². The third kappa shape index (κ3) is 5.45. The molecule has 0 saturated carbocycles. The van der Waals surface area contributed by atoms with Gasteiger partial charge in [0.25, 0.3) is 0 Å². The van der Waals surface area contributed by atoms with E-state index in [1.54, 1.807) is 18.2 Å². The fourth-order valence-electron chi connectivity index (χ4n) is 1.97. The van der Waals surface area contributed by atoms with Crippen molar-refractivity contribution >= 4 is 23.2 Å². The number of amides is 2. The number of carbonyl (C=O) groups excluding carboxylic acids is 2. The third-order valence-corrected chi connectivity index (χ3v) is 3.22. The van der Waals surface area contributed by atoms with Gasteiger partial charge in [-0.05, 0) is 18.6 Å². The van der Waals surface area contributed by atoms with E-state index in [2.05, 4.69) is 17.6 Å². The van der Waals surface area contributed by atoms with E-state index in [9.17, 15) is 9.59 Å². The normalized spacial score (nSPS) is 11.6. The quantitative estimate of drug-likeness (QED) is 0.809. The molecule has 0 bridgehead atoms. The van der Waals surface area contributed by atoms with Crippen molar-refractivity contribution in [1.29, 1.82) is 0 Å². The molecular weight excluding hydrogens is 268 g/mol. The average Bonchev–Trinajstić information content (AvgIpc) is 2.45. The monoisotopic (exact) mass is 292 g/mol. The van der Waals surface area contributed by atoms with E-state index in [4.69, 9.17) is 4.74 Å². The summed E-state index contributed by atoms with van der Waals surface area (Å²) in [5, 5.41) is 5.55. The van der Waals surface area contributed by atoms with Gasteiger partial charge in [-0.2, -0.15) is 0 Å². The minimum atomic E-state index is -0.151. The van der Waals surface area contributed by atoms with Crippen LogP contribution in [0.1, 0.15) is 40.0 Å². The maximum absolute atomic E-state index is 12.1. The summed E-state index contributed by atoms with van der Waals surface area (Å²) in [6.45, 7) is 5.47. The van der Waals surface area contributed by atoms with Gasteiger partial charge in [0.15, 0.2) is 0 Å². The Balaban J connectivity index is 2.78. The Labute approximate surface area is 126 Å². The van der Waals surface area contributed by atoms with E-state index in [0.717, 1.165) is 19.3 Å². The number of benzene rings is 1. The Bertz CT molecular complexity index is 500. The van der Waals surface area contributed by atoms with Crippen LogP contribution >= 0.6 is 0 Å². The van der Waals surface area contributed by atoms with Crippen LogP contribution in [0.25, 0.3) is 0 Å². The van der Waals surface area contributed by atoms with Crippen LogP contribution in [0.2, 0.25) is 0 Å². The van der Waals surface area contributed by atoms with E-state index in [1.807, 2.05) is 6.92 Å². The topological polar surface area (TPSA) is 67.4 Å². The van der Waals surface area contributed by atoms with Crippen LogP contribution in [0.15, 0.2) is 18.2 Å². The Hall–Kier alpha value is -2.04. The average molecular weight is 292 g/mol. The van der Waals surface area contributed by atoms with Crippen LogP contribution in [-0.4, -0.2) is 18.9 Å². The molecule has 1 aromatic carbocycles. The van der Waals surface area contributed by atoms with E-state index in [1.165, 1.54) is 14.0 Å². The van der Waals surface area contributed by atoms with Gasteiger partial charge in [-0.3, -0.25) is 9.59 Å². The van der Waals surface area contributed by atoms with Gasteiger partial charge in [-0.15, -0.1) is 0 Å². The molecule has 0 aliphatic carbocycles. The number of carbonyl (C=O) groups is 2. The minimum Gasteiger partial charge on any atom is -0.494 e. The summed E-state index contributed by atoms with van der Waals surface area (Å²) in [5.74, 6) is 0.318. The summed E-state index contributed by atoms with van der Waals surface area (Å²) in [6, 6.07) is 5.15. The molecule has 0 spiro atoms. The fourth-order valence-corrected chi connectivity index (χ4v) is 1.97. The molecule has 1 atom stereocenters. The van der Waals surface area contributed by atoms with Gasteiger partial charge in [0, 0.05) is 24.6 Å². The number of anilines is 2. The predicted octanol–water partition coefficient (Wildman–Crippen LogP) is 3.42. The van der Waals surface area contributed by atoms with Crippen LogP contribution in [0.4, 0.5) is 11.4 Å². The van der Waals surface area contributed by atoms with Gasteiger partial charge in [0.1, 0.15) is 5.75 Å². The summed E-state index contributed by atoms with van der Waals surface area (Å²) in [7, 11) is 1.53. The number of methoxy groups -OCH3 is 1. The third-order valence-electron chi connectivity index (χ3n) is 3.22. The lowest BCUT2D eigenvalue weighted by molar-refractivity contribution is -0.119. The van der Waals surface area contributed by atoms with Crippen molar-refractivity contribution in [3.8, 4) is 5.75 Å². The molecule has 0 unspecified atom stereocenters. The molecule has 1 rings (SSSR count). The molecule has 1 aromatic rings. The zero-order valence-corrected chi connectivity index (χ0v) is 13.2. The Morgan fingerprint density at radius 2 is 2.00 bits per heavy atom. The van der Waals surface area contributed by atoms with Crippen molar-refractivity contribution in [2.24, 2.45) is 5.92 Å². The zero-order valence-electron chi connectivity index (χ0n) is 13.2. The second-order valence-electron chi connectivity index (χ2n) is 5.13. The molecule has 0 radical (unpaired) electrons. The second kappa shape index (κ2) is 8.29. The maximum Gasteiger partial charge on any atom is 0.227 e. The number of nitrogens with one attached hydrogen (secondary N) is 2. The highest BCUT2D eigenvalue weighted by atomic mass is 16.5. The molecule has 5 heteroatoms. The fraction of sp³-hybridized carbons (Fsp3) is 0.500. The number of unbranched alkanes of at least 4 members (excludes halogenated alkanes) is 1. The van der Waals surface area contributed by atoms with E-state index in [-0.39, 0.29) is 17.7 Å². The lowest BCUT2D eigenvalue weighted by Crippen LogP contribution is -2.20. The molecule has 0 aliphatic rings. The number of rotatable bonds is 7. The molecule has 2 amide bonds. The summed E-state index contributed by atoms with van der Waals surface area (Å²) >= 11 is 0. The van der Waals surface area contributed by atoms with Crippen molar-refractivity contribution < 1.29 is 14.3 Å². The Morgan fingerprint density at radius 1 is 1.29 bits per heavy atom. The van der Waals surface area contributed by atoms with Crippen molar-refractivity contribution in [3.63, 3.8) is 0 Å². The van der Waals surface area contributed by atoms with Crippen molar-refractivity contribution in [1.82, 2.24) is 0 Å². The van der Waals surface area contributed by atoms with Gasteiger partial charge < -0.3 is 15.4 Å². The molecule has 116 valence electrons. The molecular formula is C16H24N2O3. The highest BCUT2D eigenvalue weighted by Crippen LogP contribution is 2.28. The van der Waals surface area contributed by atoms with Gasteiger partial charge in [-0.1, -0.05) is 26.7 Å². The number of hydrogen-bond donors (Lipinski definition) is 2. The summed E-state index contributed by atoms with van der Waals surface area (Å²) in [5.41, 5.74) is 1.25. The lowest BCUT2D eigenvalue weighted by atomic mass is 10.0. The van der Waals surface area contributed by atoms with Gasteiger partial charge in [0.2, 0.25) is 11.8 Å². The van der Waals surface area contributed by atoms with Crippen LogP contribution in [0.3, 0.4) is 0 Å². The number of ether oxygens (including phenoxy) is 1. The lowest BCUT2D eigenvalue weighted by Gasteiger charge is -2.15. The highest BCUT2D eigenvalue weighted by Gasteiger charge is 2.15. The minimum absolute atomic E-state index is 0.0194. The van der Waals surface area contributed by atoms with Crippen LogP contribution in [0, 0.1) is 5.92 Å². The molecule has 0 aromatic heterocycles. The Kier molecular flexibility index (Phi) is 6.72. The molecule has 0 saturated heterocycles. The SMILES string of the molecule is CCCC[C@H](C)C(=O)Nc1ccc(NC(C)=O)cc1OC. The first-order chi connectivity index (χ1) is 9.97. The molecule has 0 heterocycles. The number of hydrogen-bond acceptors (Lipinski definition) is 3. The van der Waals surface area contributed by atoms with Gasteiger partial charge in [-0.25, -0.2) is 0 Å². The van der Waals surface area contributed by atoms with Gasteiger partial charge in [0.05, 0.1) is 12.8 Å².